The van der Waals surface area contributed by atoms with E-state index in [1.807, 2.05) is 38.1 Å². The number of nitrogens with one attached hydrogen (secondary N) is 1. The second-order valence-corrected chi connectivity index (χ2v) is 5.19. The largest absolute Gasteiger partial charge is 0.377 e. The molecule has 0 radical (unpaired) electrons. The molecule has 22 heavy (non-hydrogen) atoms. The molecule has 1 unspecified atom stereocenters. The number of anilines is 1. The van der Waals surface area contributed by atoms with Gasteiger partial charge in [0.25, 0.3) is 5.91 Å². The molecule has 1 aromatic carbocycles. The number of rotatable bonds is 6. The number of hydrogen-bond donors (Lipinski definition) is 1. The monoisotopic (exact) mass is 297 g/mol. The minimum Gasteiger partial charge on any atom is -0.377 e. The number of carbonyl (C=O) groups is 1. The minimum absolute atomic E-state index is 0.0207. The van der Waals surface area contributed by atoms with E-state index < -0.39 is 0 Å². The number of benzene rings is 1. The normalized spacial score (nSPS) is 11.8. The minimum atomic E-state index is -0.0207. The van der Waals surface area contributed by atoms with E-state index in [-0.39, 0.29) is 11.9 Å². The number of nitrogens with zero attached hydrogens (tertiary/aromatic N) is 2. The van der Waals surface area contributed by atoms with Crippen LogP contribution >= 0.6 is 0 Å². The Kier molecular flexibility index (Phi) is 5.53. The molecule has 0 aliphatic heterocycles. The fourth-order valence-corrected chi connectivity index (χ4v) is 2.35. The first-order valence-electron chi connectivity index (χ1n) is 7.72. The van der Waals surface area contributed by atoms with E-state index >= 15 is 0 Å². The SMILES string of the molecule is CCN(CC)C(=O)c1ccc(NC(C)c2ccccc2)cn1. The molecule has 0 saturated heterocycles. The number of aromatic nitrogens is 1. The van der Waals surface area contributed by atoms with Crippen LogP contribution in [0.15, 0.2) is 48.7 Å². The van der Waals surface area contributed by atoms with Gasteiger partial charge in [0.15, 0.2) is 0 Å². The molecule has 2 rings (SSSR count). The van der Waals surface area contributed by atoms with Crippen LogP contribution in [-0.4, -0.2) is 28.9 Å². The Bertz CT molecular complexity index is 591. The summed E-state index contributed by atoms with van der Waals surface area (Å²) in [6.07, 6.45) is 1.72. The van der Waals surface area contributed by atoms with Gasteiger partial charge in [-0.25, -0.2) is 4.98 Å². The quantitative estimate of drug-likeness (QED) is 0.883. The first-order valence-corrected chi connectivity index (χ1v) is 7.72. The maximum absolute atomic E-state index is 12.2. The van der Waals surface area contributed by atoms with Crippen molar-refractivity contribution < 1.29 is 4.79 Å². The highest BCUT2D eigenvalue weighted by Crippen LogP contribution is 2.18. The van der Waals surface area contributed by atoms with Crippen molar-refractivity contribution in [1.29, 1.82) is 0 Å². The molecule has 0 fully saturated rings. The van der Waals surface area contributed by atoms with Gasteiger partial charge in [-0.1, -0.05) is 30.3 Å². The maximum atomic E-state index is 12.2. The van der Waals surface area contributed by atoms with E-state index in [0.29, 0.717) is 18.8 Å². The third-order valence-corrected chi connectivity index (χ3v) is 3.72. The molecule has 0 spiro atoms. The Morgan fingerprint density at radius 1 is 1.14 bits per heavy atom. The Labute approximate surface area is 132 Å². The lowest BCUT2D eigenvalue weighted by atomic mass is 10.1. The molecule has 1 aromatic heterocycles. The summed E-state index contributed by atoms with van der Waals surface area (Å²) in [6.45, 7) is 7.44. The van der Waals surface area contributed by atoms with Crippen molar-refractivity contribution in [3.05, 3.63) is 59.9 Å². The zero-order valence-corrected chi connectivity index (χ0v) is 13.4. The summed E-state index contributed by atoms with van der Waals surface area (Å²) >= 11 is 0. The number of hydrogen-bond acceptors (Lipinski definition) is 3. The van der Waals surface area contributed by atoms with Crippen molar-refractivity contribution in [2.45, 2.75) is 26.8 Å². The van der Waals surface area contributed by atoms with Crippen molar-refractivity contribution in [1.82, 2.24) is 9.88 Å². The van der Waals surface area contributed by atoms with E-state index in [0.717, 1.165) is 5.69 Å². The molecule has 0 saturated carbocycles. The number of carbonyl (C=O) groups excluding carboxylic acids is 1. The van der Waals surface area contributed by atoms with Crippen LogP contribution in [0.4, 0.5) is 5.69 Å². The Morgan fingerprint density at radius 2 is 1.82 bits per heavy atom. The van der Waals surface area contributed by atoms with Crippen molar-refractivity contribution >= 4 is 11.6 Å². The van der Waals surface area contributed by atoms with Crippen LogP contribution in [0, 0.1) is 0 Å². The predicted octanol–water partition coefficient (Wildman–Crippen LogP) is 3.74. The molecule has 2 aromatic rings. The van der Waals surface area contributed by atoms with Crippen LogP contribution in [0.1, 0.15) is 42.9 Å². The Hall–Kier alpha value is -2.36. The van der Waals surface area contributed by atoms with E-state index in [9.17, 15) is 4.79 Å². The lowest BCUT2D eigenvalue weighted by Crippen LogP contribution is -2.31. The number of amides is 1. The molecule has 0 aliphatic carbocycles. The van der Waals surface area contributed by atoms with Gasteiger partial charge in [0.1, 0.15) is 5.69 Å². The van der Waals surface area contributed by atoms with Crippen molar-refractivity contribution in [2.24, 2.45) is 0 Å². The molecular weight excluding hydrogens is 274 g/mol. The maximum Gasteiger partial charge on any atom is 0.272 e. The first kappa shape index (κ1) is 16.0. The zero-order valence-electron chi connectivity index (χ0n) is 13.4. The summed E-state index contributed by atoms with van der Waals surface area (Å²) < 4.78 is 0. The van der Waals surface area contributed by atoms with E-state index in [4.69, 9.17) is 0 Å². The molecule has 4 nitrogen and oxygen atoms in total. The van der Waals surface area contributed by atoms with Gasteiger partial charge in [-0.3, -0.25) is 4.79 Å². The van der Waals surface area contributed by atoms with Crippen LogP contribution in [-0.2, 0) is 0 Å². The van der Waals surface area contributed by atoms with Crippen LogP contribution in [0.25, 0.3) is 0 Å². The molecule has 1 N–H and O–H groups in total. The van der Waals surface area contributed by atoms with Crippen molar-refractivity contribution in [3.8, 4) is 0 Å². The van der Waals surface area contributed by atoms with Gasteiger partial charge in [0.2, 0.25) is 0 Å². The smallest absolute Gasteiger partial charge is 0.272 e. The van der Waals surface area contributed by atoms with Crippen LogP contribution in [0.5, 0.6) is 0 Å². The van der Waals surface area contributed by atoms with Crippen molar-refractivity contribution in [2.75, 3.05) is 18.4 Å². The predicted molar refractivity (Wildman–Crippen MR) is 90.0 cm³/mol. The lowest BCUT2D eigenvalue weighted by molar-refractivity contribution is 0.0767. The van der Waals surface area contributed by atoms with E-state index in [1.54, 1.807) is 17.2 Å². The highest BCUT2D eigenvalue weighted by Gasteiger charge is 2.13. The average Bonchev–Trinajstić information content (AvgIpc) is 2.57. The third-order valence-electron chi connectivity index (χ3n) is 3.72. The molecule has 116 valence electrons. The van der Waals surface area contributed by atoms with Crippen LogP contribution < -0.4 is 5.32 Å². The fraction of sp³-hybridized carbons (Fsp3) is 0.333. The first-order chi connectivity index (χ1) is 10.7. The van der Waals surface area contributed by atoms with Gasteiger partial charge in [-0.15, -0.1) is 0 Å². The Balaban J connectivity index is 2.04. The molecule has 1 atom stereocenters. The van der Waals surface area contributed by atoms with Gasteiger partial charge < -0.3 is 10.2 Å². The van der Waals surface area contributed by atoms with Gasteiger partial charge in [-0.05, 0) is 38.5 Å². The summed E-state index contributed by atoms with van der Waals surface area (Å²) in [7, 11) is 0. The highest BCUT2D eigenvalue weighted by molar-refractivity contribution is 5.92. The van der Waals surface area contributed by atoms with Gasteiger partial charge in [0, 0.05) is 19.1 Å². The summed E-state index contributed by atoms with van der Waals surface area (Å²) in [4.78, 5) is 18.3. The Morgan fingerprint density at radius 3 is 2.36 bits per heavy atom. The van der Waals surface area contributed by atoms with Gasteiger partial charge in [-0.2, -0.15) is 0 Å². The van der Waals surface area contributed by atoms with Crippen LogP contribution in [0.3, 0.4) is 0 Å². The van der Waals surface area contributed by atoms with Crippen LogP contribution in [0.2, 0.25) is 0 Å². The standard InChI is InChI=1S/C18H23N3O/c1-4-21(5-2)18(22)17-12-11-16(13-19-17)20-14(3)15-9-7-6-8-10-15/h6-14,20H,4-5H2,1-3H3. The lowest BCUT2D eigenvalue weighted by Gasteiger charge is -2.19. The van der Waals surface area contributed by atoms with Gasteiger partial charge >= 0.3 is 0 Å². The topological polar surface area (TPSA) is 45.2 Å². The summed E-state index contributed by atoms with van der Waals surface area (Å²) in [5.41, 5.74) is 2.61. The molecule has 1 heterocycles. The van der Waals surface area contributed by atoms with Crippen molar-refractivity contribution in [3.63, 3.8) is 0 Å². The molecule has 0 bridgehead atoms. The molecule has 0 aliphatic rings. The summed E-state index contributed by atoms with van der Waals surface area (Å²) in [5, 5.41) is 3.39. The molecule has 4 heteroatoms. The summed E-state index contributed by atoms with van der Waals surface area (Å²) in [5.74, 6) is -0.0207. The molecular formula is C18H23N3O. The van der Waals surface area contributed by atoms with E-state index in [2.05, 4.69) is 29.4 Å². The average molecular weight is 297 g/mol. The second kappa shape index (κ2) is 7.59. The summed E-state index contributed by atoms with van der Waals surface area (Å²) in [6, 6.07) is 14.1. The fourth-order valence-electron chi connectivity index (χ4n) is 2.35. The second-order valence-electron chi connectivity index (χ2n) is 5.19. The molecule has 1 amide bonds. The zero-order chi connectivity index (χ0) is 15.9. The highest BCUT2D eigenvalue weighted by atomic mass is 16.2. The van der Waals surface area contributed by atoms with Gasteiger partial charge in [0.05, 0.1) is 11.9 Å². The third kappa shape index (κ3) is 3.85. The van der Waals surface area contributed by atoms with E-state index in [1.165, 1.54) is 5.56 Å². The number of pyridine rings is 1.